The zero-order valence-electron chi connectivity index (χ0n) is 19.1. The SMILES string of the molecule is CCC(Sc1nnc(C(C)Oc2ccc(OC)cc2)n1C(C)C)C(=O)Nc1ccccc1. The number of para-hydroxylation sites is 1. The van der Waals surface area contributed by atoms with Crippen LogP contribution in [0.3, 0.4) is 0 Å². The van der Waals surface area contributed by atoms with Gasteiger partial charge in [0, 0.05) is 11.7 Å². The Bertz CT molecular complexity index is 1010. The molecular formula is C24H30N4O3S. The summed E-state index contributed by atoms with van der Waals surface area (Å²) in [7, 11) is 1.63. The van der Waals surface area contributed by atoms with Crippen LogP contribution in [0.1, 0.15) is 52.1 Å². The van der Waals surface area contributed by atoms with Crippen molar-refractivity contribution in [3.8, 4) is 11.5 Å². The second-order valence-corrected chi connectivity index (χ2v) is 8.78. The average Bonchev–Trinajstić information content (AvgIpc) is 3.22. The summed E-state index contributed by atoms with van der Waals surface area (Å²) in [6.45, 7) is 8.08. The van der Waals surface area contributed by atoms with Crippen molar-refractivity contribution in [1.29, 1.82) is 0 Å². The third kappa shape index (κ3) is 5.82. The van der Waals surface area contributed by atoms with Crippen LogP contribution in [0.5, 0.6) is 11.5 Å². The highest BCUT2D eigenvalue weighted by molar-refractivity contribution is 8.00. The highest BCUT2D eigenvalue weighted by Crippen LogP contribution is 2.31. The molecule has 0 aliphatic carbocycles. The molecule has 3 aromatic rings. The maximum atomic E-state index is 12.8. The molecule has 2 aromatic carbocycles. The lowest BCUT2D eigenvalue weighted by Gasteiger charge is -2.20. The summed E-state index contributed by atoms with van der Waals surface area (Å²) in [5.74, 6) is 2.16. The average molecular weight is 455 g/mol. The predicted octanol–water partition coefficient (Wildman–Crippen LogP) is 5.52. The van der Waals surface area contributed by atoms with Crippen LogP contribution in [0, 0.1) is 0 Å². The molecule has 32 heavy (non-hydrogen) atoms. The Morgan fingerprint density at radius 2 is 1.69 bits per heavy atom. The Labute approximate surface area is 193 Å². The third-order valence-electron chi connectivity index (χ3n) is 4.90. The number of hydrogen-bond donors (Lipinski definition) is 1. The fourth-order valence-corrected chi connectivity index (χ4v) is 4.33. The molecule has 0 aliphatic heterocycles. The molecule has 1 N–H and O–H groups in total. The van der Waals surface area contributed by atoms with Crippen LogP contribution >= 0.6 is 11.8 Å². The van der Waals surface area contributed by atoms with Crippen LogP contribution in [0.2, 0.25) is 0 Å². The number of nitrogens with zero attached hydrogens (tertiary/aromatic N) is 3. The topological polar surface area (TPSA) is 78.3 Å². The fourth-order valence-electron chi connectivity index (χ4n) is 3.24. The van der Waals surface area contributed by atoms with E-state index in [9.17, 15) is 4.79 Å². The zero-order valence-corrected chi connectivity index (χ0v) is 19.9. The van der Waals surface area contributed by atoms with Crippen LogP contribution in [0.4, 0.5) is 5.69 Å². The number of amides is 1. The molecule has 1 heterocycles. The van der Waals surface area contributed by atoms with Gasteiger partial charge in [-0.15, -0.1) is 10.2 Å². The normalized spacial score (nSPS) is 12.9. The van der Waals surface area contributed by atoms with Crippen LogP contribution in [0.25, 0.3) is 0 Å². The van der Waals surface area contributed by atoms with Crippen molar-refractivity contribution in [1.82, 2.24) is 14.8 Å². The lowest BCUT2D eigenvalue weighted by molar-refractivity contribution is -0.115. The van der Waals surface area contributed by atoms with E-state index in [1.165, 1.54) is 11.8 Å². The van der Waals surface area contributed by atoms with Crippen molar-refractivity contribution in [2.75, 3.05) is 12.4 Å². The van der Waals surface area contributed by atoms with Crippen molar-refractivity contribution >= 4 is 23.4 Å². The molecule has 170 valence electrons. The third-order valence-corrected chi connectivity index (χ3v) is 6.22. The van der Waals surface area contributed by atoms with Gasteiger partial charge in [0.1, 0.15) is 11.5 Å². The molecule has 3 rings (SSSR count). The molecule has 2 unspecified atom stereocenters. The first kappa shape index (κ1) is 23.7. The fraction of sp³-hybridized carbons (Fsp3) is 0.375. The van der Waals surface area contributed by atoms with Gasteiger partial charge in [0.25, 0.3) is 0 Å². The predicted molar refractivity (Wildman–Crippen MR) is 127 cm³/mol. The number of hydrogen-bond acceptors (Lipinski definition) is 6. The summed E-state index contributed by atoms with van der Waals surface area (Å²) in [4.78, 5) is 12.8. The Morgan fingerprint density at radius 1 is 1.03 bits per heavy atom. The number of benzene rings is 2. The molecule has 0 radical (unpaired) electrons. The highest BCUT2D eigenvalue weighted by atomic mass is 32.2. The van der Waals surface area contributed by atoms with Crippen molar-refractivity contribution < 1.29 is 14.3 Å². The van der Waals surface area contributed by atoms with E-state index < -0.39 is 0 Å². The van der Waals surface area contributed by atoms with E-state index in [2.05, 4.69) is 29.4 Å². The van der Waals surface area contributed by atoms with Crippen LogP contribution < -0.4 is 14.8 Å². The molecule has 0 fully saturated rings. The van der Waals surface area contributed by atoms with Gasteiger partial charge in [0.2, 0.25) is 5.91 Å². The maximum absolute atomic E-state index is 12.8. The Morgan fingerprint density at radius 3 is 2.28 bits per heavy atom. The Hall–Kier alpha value is -3.00. The molecule has 1 aromatic heterocycles. The summed E-state index contributed by atoms with van der Waals surface area (Å²) in [5, 5.41) is 12.2. The van der Waals surface area contributed by atoms with Gasteiger partial charge in [0.15, 0.2) is 17.1 Å². The maximum Gasteiger partial charge on any atom is 0.237 e. The van der Waals surface area contributed by atoms with Crippen molar-refractivity contribution in [3.63, 3.8) is 0 Å². The summed E-state index contributed by atoms with van der Waals surface area (Å²) in [6.07, 6.45) is 0.354. The minimum Gasteiger partial charge on any atom is -0.497 e. The molecule has 2 atom stereocenters. The van der Waals surface area contributed by atoms with Gasteiger partial charge in [-0.1, -0.05) is 36.9 Å². The number of methoxy groups -OCH3 is 1. The zero-order chi connectivity index (χ0) is 23.1. The van der Waals surface area contributed by atoms with Crippen molar-refractivity contribution in [2.24, 2.45) is 0 Å². The van der Waals surface area contributed by atoms with Crippen LogP contribution in [-0.4, -0.2) is 33.0 Å². The number of carbonyl (C=O) groups excluding carboxylic acids is 1. The van der Waals surface area contributed by atoms with Gasteiger partial charge in [0.05, 0.1) is 12.4 Å². The van der Waals surface area contributed by atoms with Gasteiger partial charge in [-0.25, -0.2) is 0 Å². The number of ether oxygens (including phenoxy) is 2. The quantitative estimate of drug-likeness (QED) is 0.407. The monoisotopic (exact) mass is 454 g/mol. The molecule has 0 bridgehead atoms. The summed E-state index contributed by atoms with van der Waals surface area (Å²) >= 11 is 1.43. The van der Waals surface area contributed by atoms with Gasteiger partial charge < -0.3 is 19.4 Å². The minimum absolute atomic E-state index is 0.0499. The first-order chi connectivity index (χ1) is 15.4. The number of aromatic nitrogens is 3. The van der Waals surface area contributed by atoms with E-state index in [0.717, 1.165) is 23.0 Å². The number of thioether (sulfide) groups is 1. The van der Waals surface area contributed by atoms with Gasteiger partial charge in [-0.3, -0.25) is 4.79 Å². The van der Waals surface area contributed by atoms with E-state index in [-0.39, 0.29) is 23.3 Å². The number of rotatable bonds is 10. The van der Waals surface area contributed by atoms with Crippen LogP contribution in [0.15, 0.2) is 59.8 Å². The van der Waals surface area contributed by atoms with Gasteiger partial charge in [-0.2, -0.15) is 0 Å². The minimum atomic E-state index is -0.314. The molecule has 7 nitrogen and oxygen atoms in total. The molecule has 1 amide bonds. The molecular weight excluding hydrogens is 424 g/mol. The van der Waals surface area contributed by atoms with E-state index in [0.29, 0.717) is 11.6 Å². The summed E-state index contributed by atoms with van der Waals surface area (Å²) < 4.78 is 13.3. The molecule has 8 heteroatoms. The Kier molecular flexibility index (Phi) is 8.16. The summed E-state index contributed by atoms with van der Waals surface area (Å²) in [5.41, 5.74) is 0.782. The highest BCUT2D eigenvalue weighted by Gasteiger charge is 2.26. The van der Waals surface area contributed by atoms with E-state index in [4.69, 9.17) is 9.47 Å². The van der Waals surface area contributed by atoms with Crippen LogP contribution in [-0.2, 0) is 4.79 Å². The van der Waals surface area contributed by atoms with Crippen molar-refractivity contribution in [3.05, 3.63) is 60.4 Å². The lowest BCUT2D eigenvalue weighted by atomic mass is 10.3. The second kappa shape index (κ2) is 11.0. The van der Waals surface area contributed by atoms with E-state index in [1.54, 1.807) is 7.11 Å². The van der Waals surface area contributed by atoms with Gasteiger partial charge >= 0.3 is 0 Å². The first-order valence-electron chi connectivity index (χ1n) is 10.7. The van der Waals surface area contributed by atoms with Gasteiger partial charge in [-0.05, 0) is 63.6 Å². The molecule has 0 saturated heterocycles. The van der Waals surface area contributed by atoms with Crippen molar-refractivity contribution in [2.45, 2.75) is 56.7 Å². The summed E-state index contributed by atoms with van der Waals surface area (Å²) in [6, 6.07) is 17.0. The lowest BCUT2D eigenvalue weighted by Crippen LogP contribution is -2.25. The first-order valence-corrected chi connectivity index (χ1v) is 11.6. The number of carbonyl (C=O) groups is 1. The number of anilines is 1. The van der Waals surface area contributed by atoms with E-state index >= 15 is 0 Å². The number of nitrogens with one attached hydrogen (secondary N) is 1. The molecule has 0 aliphatic rings. The molecule has 0 spiro atoms. The molecule has 0 saturated carbocycles. The second-order valence-electron chi connectivity index (χ2n) is 7.61. The standard InChI is InChI=1S/C24H30N4O3S/c1-6-21(23(29)25-18-10-8-7-9-11-18)32-24-27-26-22(28(24)16(2)3)17(4)31-20-14-12-19(30-5)13-15-20/h7-17,21H,6H2,1-5H3,(H,25,29). The van der Waals surface area contributed by atoms with E-state index in [1.807, 2.05) is 73.0 Å². The smallest absolute Gasteiger partial charge is 0.237 e. The largest absolute Gasteiger partial charge is 0.497 e. The Balaban J connectivity index is 1.75.